The Kier molecular flexibility index (Phi) is 7.23. The Labute approximate surface area is 128 Å². The van der Waals surface area contributed by atoms with Gasteiger partial charge in [0.1, 0.15) is 0 Å². The smallest absolute Gasteiger partial charge is 0.321 e. The third kappa shape index (κ3) is 5.76. The van der Waals surface area contributed by atoms with Crippen LogP contribution >= 0.6 is 0 Å². The predicted molar refractivity (Wildman–Crippen MR) is 89.6 cm³/mol. The molecular weight excluding hydrogens is 262 g/mol. The van der Waals surface area contributed by atoms with E-state index in [1.165, 1.54) is 5.56 Å². The number of nitrogens with one attached hydrogen (secondary N) is 2. The molecule has 0 heterocycles. The van der Waals surface area contributed by atoms with Gasteiger partial charge in [0.25, 0.3) is 0 Å². The first-order chi connectivity index (χ1) is 9.97. The van der Waals surface area contributed by atoms with Gasteiger partial charge in [-0.15, -0.1) is 0 Å². The number of amides is 2. The molecule has 4 heteroatoms. The van der Waals surface area contributed by atoms with Gasteiger partial charge in [-0.1, -0.05) is 32.9 Å². The molecule has 0 aromatic heterocycles. The molecule has 0 spiro atoms. The molecular formula is C17H29N3O. The summed E-state index contributed by atoms with van der Waals surface area (Å²) < 4.78 is 0. The van der Waals surface area contributed by atoms with Crippen molar-refractivity contribution in [3.05, 3.63) is 29.8 Å². The third-order valence-corrected chi connectivity index (χ3v) is 3.43. The molecule has 0 aliphatic rings. The molecule has 1 aromatic carbocycles. The number of benzene rings is 1. The highest BCUT2D eigenvalue weighted by Crippen LogP contribution is 2.16. The molecule has 0 bridgehead atoms. The molecule has 0 aliphatic carbocycles. The second-order valence-electron chi connectivity index (χ2n) is 5.76. The fourth-order valence-electron chi connectivity index (χ4n) is 2.28. The summed E-state index contributed by atoms with van der Waals surface area (Å²) in [5, 5.41) is 6.34. The van der Waals surface area contributed by atoms with Crippen molar-refractivity contribution in [2.45, 2.75) is 40.7 Å². The first-order valence-electron chi connectivity index (χ1n) is 7.87. The van der Waals surface area contributed by atoms with E-state index in [4.69, 9.17) is 0 Å². The summed E-state index contributed by atoms with van der Waals surface area (Å²) in [4.78, 5) is 14.0. The highest BCUT2D eigenvalue weighted by Gasteiger charge is 2.13. The van der Waals surface area contributed by atoms with Gasteiger partial charge >= 0.3 is 6.03 Å². The van der Waals surface area contributed by atoms with Crippen molar-refractivity contribution in [3.63, 3.8) is 0 Å². The van der Waals surface area contributed by atoms with Crippen LogP contribution in [0.3, 0.4) is 0 Å². The van der Waals surface area contributed by atoms with Gasteiger partial charge in [0.2, 0.25) is 0 Å². The summed E-state index contributed by atoms with van der Waals surface area (Å²) in [5.41, 5.74) is 2.07. The minimum atomic E-state index is -0.0290. The summed E-state index contributed by atoms with van der Waals surface area (Å²) in [6.07, 6.45) is 0. The lowest BCUT2D eigenvalue weighted by Crippen LogP contribution is -2.37. The zero-order valence-corrected chi connectivity index (χ0v) is 13.9. The number of urea groups is 1. The number of carbonyl (C=O) groups is 1. The fraction of sp³-hybridized carbons (Fsp3) is 0.588. The van der Waals surface area contributed by atoms with E-state index in [2.05, 4.69) is 50.5 Å². The van der Waals surface area contributed by atoms with Crippen LogP contribution < -0.4 is 10.6 Å². The van der Waals surface area contributed by atoms with Crippen LogP contribution in [-0.2, 0) is 0 Å². The summed E-state index contributed by atoms with van der Waals surface area (Å²) in [6.45, 7) is 12.9. The van der Waals surface area contributed by atoms with Gasteiger partial charge in [0.05, 0.1) is 0 Å². The first kappa shape index (κ1) is 17.5. The number of carbonyl (C=O) groups excluding carboxylic acids is 1. The second-order valence-corrected chi connectivity index (χ2v) is 5.76. The van der Waals surface area contributed by atoms with Crippen LogP contribution in [-0.4, -0.2) is 30.6 Å². The Morgan fingerprint density at radius 2 is 1.76 bits per heavy atom. The molecule has 4 nitrogen and oxygen atoms in total. The number of anilines is 1. The Morgan fingerprint density at radius 1 is 1.14 bits per heavy atom. The van der Waals surface area contributed by atoms with Gasteiger partial charge in [0, 0.05) is 24.8 Å². The molecule has 0 aliphatic heterocycles. The van der Waals surface area contributed by atoms with Crippen molar-refractivity contribution >= 4 is 11.7 Å². The van der Waals surface area contributed by atoms with Gasteiger partial charge in [-0.3, -0.25) is 0 Å². The van der Waals surface area contributed by atoms with Crippen molar-refractivity contribution in [1.82, 2.24) is 10.2 Å². The predicted octanol–water partition coefficient (Wildman–Crippen LogP) is 3.87. The SMILES string of the molecule is CCNC(C)c1ccc(NC(=O)N(CC)CC(C)C)cc1. The zero-order chi connectivity index (χ0) is 15.8. The van der Waals surface area contributed by atoms with Crippen molar-refractivity contribution in [3.8, 4) is 0 Å². The summed E-state index contributed by atoms with van der Waals surface area (Å²) in [5.74, 6) is 0.471. The van der Waals surface area contributed by atoms with E-state index in [-0.39, 0.29) is 6.03 Å². The topological polar surface area (TPSA) is 44.4 Å². The lowest BCUT2D eigenvalue weighted by atomic mass is 10.1. The third-order valence-electron chi connectivity index (χ3n) is 3.43. The number of rotatable bonds is 7. The van der Waals surface area contributed by atoms with E-state index in [0.717, 1.165) is 25.3 Å². The number of nitrogens with zero attached hydrogens (tertiary/aromatic N) is 1. The van der Waals surface area contributed by atoms with E-state index in [9.17, 15) is 4.79 Å². The molecule has 0 saturated heterocycles. The summed E-state index contributed by atoms with van der Waals surface area (Å²) in [6, 6.07) is 8.34. The van der Waals surface area contributed by atoms with E-state index in [0.29, 0.717) is 12.0 Å². The monoisotopic (exact) mass is 291 g/mol. The molecule has 0 radical (unpaired) electrons. The van der Waals surface area contributed by atoms with Gasteiger partial charge in [-0.05, 0) is 44.0 Å². The lowest BCUT2D eigenvalue weighted by Gasteiger charge is -2.23. The van der Waals surface area contributed by atoms with Crippen LogP contribution in [0.5, 0.6) is 0 Å². The van der Waals surface area contributed by atoms with Crippen LogP contribution in [0, 0.1) is 5.92 Å². The standard InChI is InChI=1S/C17H29N3O/c1-6-18-14(5)15-8-10-16(11-9-15)19-17(21)20(7-2)12-13(3)4/h8-11,13-14,18H,6-7,12H2,1-5H3,(H,19,21). The molecule has 1 atom stereocenters. The van der Waals surface area contributed by atoms with E-state index in [1.807, 2.05) is 24.0 Å². The average molecular weight is 291 g/mol. The fourth-order valence-corrected chi connectivity index (χ4v) is 2.28. The maximum atomic E-state index is 12.2. The van der Waals surface area contributed by atoms with Gasteiger partial charge in [-0.25, -0.2) is 4.79 Å². The quantitative estimate of drug-likeness (QED) is 0.801. The molecule has 2 N–H and O–H groups in total. The molecule has 0 fully saturated rings. The Hall–Kier alpha value is -1.55. The van der Waals surface area contributed by atoms with Crippen molar-refractivity contribution < 1.29 is 4.79 Å². The Balaban J connectivity index is 2.64. The molecule has 1 aromatic rings. The van der Waals surface area contributed by atoms with E-state index in [1.54, 1.807) is 0 Å². The van der Waals surface area contributed by atoms with Crippen molar-refractivity contribution in [2.24, 2.45) is 5.92 Å². The maximum absolute atomic E-state index is 12.2. The molecule has 1 unspecified atom stereocenters. The maximum Gasteiger partial charge on any atom is 0.321 e. The lowest BCUT2D eigenvalue weighted by molar-refractivity contribution is 0.208. The molecule has 118 valence electrons. The van der Waals surface area contributed by atoms with Gasteiger partial charge in [0.15, 0.2) is 0 Å². The second kappa shape index (κ2) is 8.67. The number of hydrogen-bond donors (Lipinski definition) is 2. The average Bonchev–Trinajstić information content (AvgIpc) is 2.45. The van der Waals surface area contributed by atoms with Crippen LogP contribution in [0.4, 0.5) is 10.5 Å². The first-order valence-corrected chi connectivity index (χ1v) is 7.87. The molecule has 2 amide bonds. The van der Waals surface area contributed by atoms with Crippen molar-refractivity contribution in [1.29, 1.82) is 0 Å². The normalized spacial score (nSPS) is 12.3. The van der Waals surface area contributed by atoms with Crippen LogP contribution in [0.15, 0.2) is 24.3 Å². The Morgan fingerprint density at radius 3 is 2.24 bits per heavy atom. The van der Waals surface area contributed by atoms with E-state index < -0.39 is 0 Å². The summed E-state index contributed by atoms with van der Waals surface area (Å²) >= 11 is 0. The molecule has 1 rings (SSSR count). The minimum absolute atomic E-state index is 0.0290. The largest absolute Gasteiger partial charge is 0.325 e. The molecule has 21 heavy (non-hydrogen) atoms. The minimum Gasteiger partial charge on any atom is -0.325 e. The van der Waals surface area contributed by atoms with Crippen molar-refractivity contribution in [2.75, 3.05) is 25.0 Å². The number of hydrogen-bond acceptors (Lipinski definition) is 2. The Bertz CT molecular complexity index is 428. The molecule has 0 saturated carbocycles. The van der Waals surface area contributed by atoms with Gasteiger partial charge < -0.3 is 15.5 Å². The highest BCUT2D eigenvalue weighted by molar-refractivity contribution is 5.89. The van der Waals surface area contributed by atoms with Crippen LogP contribution in [0.1, 0.15) is 46.2 Å². The zero-order valence-electron chi connectivity index (χ0n) is 13.9. The van der Waals surface area contributed by atoms with Gasteiger partial charge in [-0.2, -0.15) is 0 Å². The highest BCUT2D eigenvalue weighted by atomic mass is 16.2. The van der Waals surface area contributed by atoms with Crippen LogP contribution in [0.2, 0.25) is 0 Å². The van der Waals surface area contributed by atoms with Crippen LogP contribution in [0.25, 0.3) is 0 Å². The van der Waals surface area contributed by atoms with E-state index >= 15 is 0 Å². The summed E-state index contributed by atoms with van der Waals surface area (Å²) in [7, 11) is 0.